The number of nitrogens with one attached hydrogen (secondary N) is 1. The molecule has 0 fully saturated rings. The van der Waals surface area contributed by atoms with E-state index in [2.05, 4.69) is 15.0 Å². The monoisotopic (exact) mass is 303 g/mol. The Kier molecular flexibility index (Phi) is 4.33. The fourth-order valence-electron chi connectivity index (χ4n) is 1.58. The van der Waals surface area contributed by atoms with Crippen LogP contribution in [0.25, 0.3) is 0 Å². The highest BCUT2D eigenvalue weighted by Crippen LogP contribution is 2.29. The van der Waals surface area contributed by atoms with Crippen molar-refractivity contribution in [3.8, 4) is 5.75 Å². The number of nitrogens with zero attached hydrogens (tertiary/aromatic N) is 1. The molecule has 2 rings (SSSR count). The van der Waals surface area contributed by atoms with Gasteiger partial charge in [-0.15, -0.1) is 11.3 Å². The summed E-state index contributed by atoms with van der Waals surface area (Å²) in [6.45, 7) is -0.870. The van der Waals surface area contributed by atoms with E-state index in [0.717, 1.165) is 22.8 Å². The maximum Gasteiger partial charge on any atom is 0.387 e. The molecule has 0 saturated heterocycles. The first kappa shape index (κ1) is 14.4. The van der Waals surface area contributed by atoms with Crippen molar-refractivity contribution in [1.82, 2.24) is 4.98 Å². The van der Waals surface area contributed by atoms with E-state index in [1.165, 1.54) is 11.3 Å². The highest BCUT2D eigenvalue weighted by atomic mass is 32.1. The molecule has 0 bridgehead atoms. The zero-order valence-electron chi connectivity index (χ0n) is 10.5. The number of rotatable bonds is 5. The summed E-state index contributed by atoms with van der Waals surface area (Å²) in [5, 5.41) is 5.68. The van der Waals surface area contributed by atoms with Crippen LogP contribution in [-0.4, -0.2) is 11.6 Å². The molecule has 4 nitrogen and oxygen atoms in total. The van der Waals surface area contributed by atoms with Crippen LogP contribution in [0.15, 0.2) is 17.5 Å². The van der Waals surface area contributed by atoms with Gasteiger partial charge in [-0.05, 0) is 6.92 Å². The normalized spacial score (nSPS) is 10.8. The van der Waals surface area contributed by atoms with Gasteiger partial charge in [-0.25, -0.2) is 9.37 Å². The summed E-state index contributed by atoms with van der Waals surface area (Å²) in [6, 6.07) is 2.04. The Hall–Kier alpha value is -1.96. The molecule has 0 aliphatic carbocycles. The molecule has 0 aliphatic heterocycles. The van der Waals surface area contributed by atoms with Crippen LogP contribution in [0.4, 0.5) is 24.5 Å². The van der Waals surface area contributed by atoms with Crippen LogP contribution < -0.4 is 15.8 Å². The van der Waals surface area contributed by atoms with Crippen molar-refractivity contribution in [2.24, 2.45) is 0 Å². The third-order valence-corrected chi connectivity index (χ3v) is 3.27. The van der Waals surface area contributed by atoms with Gasteiger partial charge in [0.25, 0.3) is 0 Å². The van der Waals surface area contributed by atoms with Gasteiger partial charge in [0, 0.05) is 17.5 Å². The fourth-order valence-corrected chi connectivity index (χ4v) is 2.20. The Morgan fingerprint density at radius 3 is 2.80 bits per heavy atom. The Labute approximate surface area is 117 Å². The molecule has 0 spiro atoms. The average Bonchev–Trinajstić information content (AvgIpc) is 2.76. The minimum absolute atomic E-state index is 0.107. The quantitative estimate of drug-likeness (QED) is 0.831. The molecular weight excluding hydrogens is 291 g/mol. The van der Waals surface area contributed by atoms with Gasteiger partial charge in [0.15, 0.2) is 11.6 Å². The van der Waals surface area contributed by atoms with E-state index in [0.29, 0.717) is 12.2 Å². The number of hydrogen-bond acceptors (Lipinski definition) is 5. The number of aryl methyl sites for hydroxylation is 1. The molecule has 20 heavy (non-hydrogen) atoms. The van der Waals surface area contributed by atoms with E-state index < -0.39 is 18.2 Å². The van der Waals surface area contributed by atoms with Gasteiger partial charge in [-0.3, -0.25) is 0 Å². The first-order valence-electron chi connectivity index (χ1n) is 5.64. The highest BCUT2D eigenvalue weighted by molar-refractivity contribution is 7.09. The van der Waals surface area contributed by atoms with Crippen LogP contribution in [0.3, 0.4) is 0 Å². The highest BCUT2D eigenvalue weighted by Gasteiger charge is 2.13. The predicted octanol–water partition coefficient (Wildman–Crippen LogP) is 3.39. The van der Waals surface area contributed by atoms with E-state index in [4.69, 9.17) is 5.73 Å². The molecule has 0 saturated carbocycles. The molecule has 1 heterocycles. The number of ether oxygens (including phenoxy) is 1. The number of anilines is 2. The van der Waals surface area contributed by atoms with Crippen LogP contribution in [0.5, 0.6) is 5.75 Å². The van der Waals surface area contributed by atoms with Gasteiger partial charge in [0.05, 0.1) is 28.6 Å². The molecule has 0 unspecified atom stereocenters. The summed E-state index contributed by atoms with van der Waals surface area (Å²) < 4.78 is 41.7. The Morgan fingerprint density at radius 2 is 2.20 bits per heavy atom. The zero-order valence-corrected chi connectivity index (χ0v) is 11.3. The molecule has 0 radical (unpaired) electrons. The Bertz CT molecular complexity index is 604. The topological polar surface area (TPSA) is 60.2 Å². The third-order valence-electron chi connectivity index (χ3n) is 2.45. The van der Waals surface area contributed by atoms with Crippen molar-refractivity contribution in [2.45, 2.75) is 20.1 Å². The standard InChI is InChI=1S/C12H12F3N3OS/c1-6-18-7(5-20-6)4-17-10-3-11(19-12(14)15)8(13)2-9(10)16/h2-3,5,12,17H,4,16H2,1H3. The SMILES string of the molecule is Cc1nc(CNc2cc(OC(F)F)c(F)cc2N)cs1. The lowest BCUT2D eigenvalue weighted by Gasteiger charge is -2.12. The fraction of sp³-hybridized carbons (Fsp3) is 0.250. The molecule has 0 atom stereocenters. The van der Waals surface area contributed by atoms with Crippen molar-refractivity contribution in [1.29, 1.82) is 0 Å². The second kappa shape index (κ2) is 6.00. The smallest absolute Gasteiger partial charge is 0.387 e. The first-order valence-corrected chi connectivity index (χ1v) is 6.52. The number of benzene rings is 1. The number of halogens is 3. The molecule has 0 aliphatic rings. The molecule has 3 N–H and O–H groups in total. The first-order chi connectivity index (χ1) is 9.45. The van der Waals surface area contributed by atoms with Gasteiger partial charge in [0.2, 0.25) is 0 Å². The summed E-state index contributed by atoms with van der Waals surface area (Å²) in [5.41, 5.74) is 6.83. The Balaban J connectivity index is 2.14. The number of alkyl halides is 2. The second-order valence-corrected chi connectivity index (χ2v) is 5.02. The molecule has 0 amide bonds. The summed E-state index contributed by atoms with van der Waals surface area (Å²) in [7, 11) is 0. The molecule has 1 aromatic heterocycles. The minimum atomic E-state index is -3.10. The van der Waals surface area contributed by atoms with Crippen LogP contribution in [0.2, 0.25) is 0 Å². The van der Waals surface area contributed by atoms with Crippen LogP contribution in [0.1, 0.15) is 10.7 Å². The maximum absolute atomic E-state index is 13.4. The molecule has 8 heteroatoms. The van der Waals surface area contributed by atoms with E-state index in [-0.39, 0.29) is 5.69 Å². The van der Waals surface area contributed by atoms with Crippen LogP contribution >= 0.6 is 11.3 Å². The van der Waals surface area contributed by atoms with Gasteiger partial charge in [-0.2, -0.15) is 8.78 Å². The molecular formula is C12H12F3N3OS. The number of hydrogen-bond donors (Lipinski definition) is 2. The second-order valence-electron chi connectivity index (χ2n) is 3.96. The van der Waals surface area contributed by atoms with E-state index in [9.17, 15) is 13.2 Å². The van der Waals surface area contributed by atoms with Crippen molar-refractivity contribution in [2.75, 3.05) is 11.1 Å². The van der Waals surface area contributed by atoms with Crippen LogP contribution in [0, 0.1) is 12.7 Å². The lowest BCUT2D eigenvalue weighted by Crippen LogP contribution is -2.07. The summed E-state index contributed by atoms with van der Waals surface area (Å²) in [5.74, 6) is -1.48. The van der Waals surface area contributed by atoms with Gasteiger partial charge < -0.3 is 15.8 Å². The van der Waals surface area contributed by atoms with E-state index in [1.54, 1.807) is 0 Å². The minimum Gasteiger partial charge on any atom is -0.432 e. The molecule has 1 aromatic carbocycles. The number of thiazole rings is 1. The van der Waals surface area contributed by atoms with Gasteiger partial charge in [0.1, 0.15) is 0 Å². The molecule has 108 valence electrons. The van der Waals surface area contributed by atoms with Gasteiger partial charge in [-0.1, -0.05) is 0 Å². The average molecular weight is 303 g/mol. The lowest BCUT2D eigenvalue weighted by molar-refractivity contribution is -0.0521. The summed E-state index contributed by atoms with van der Waals surface area (Å²) in [6.07, 6.45) is 0. The lowest BCUT2D eigenvalue weighted by atomic mass is 10.2. The Morgan fingerprint density at radius 1 is 1.45 bits per heavy atom. The van der Waals surface area contributed by atoms with Crippen LogP contribution in [-0.2, 0) is 6.54 Å². The largest absolute Gasteiger partial charge is 0.432 e. The van der Waals surface area contributed by atoms with E-state index >= 15 is 0 Å². The number of nitrogen functional groups attached to an aromatic ring is 1. The third kappa shape index (κ3) is 3.53. The van der Waals surface area contributed by atoms with Crippen molar-refractivity contribution >= 4 is 22.7 Å². The maximum atomic E-state index is 13.4. The number of aromatic nitrogens is 1. The summed E-state index contributed by atoms with van der Waals surface area (Å²) >= 11 is 1.49. The number of nitrogens with two attached hydrogens (primary N) is 1. The van der Waals surface area contributed by atoms with E-state index in [1.807, 2.05) is 12.3 Å². The zero-order chi connectivity index (χ0) is 14.7. The van der Waals surface area contributed by atoms with Crippen molar-refractivity contribution < 1.29 is 17.9 Å². The van der Waals surface area contributed by atoms with Crippen molar-refractivity contribution in [3.05, 3.63) is 34.0 Å². The van der Waals surface area contributed by atoms with Gasteiger partial charge >= 0.3 is 6.61 Å². The summed E-state index contributed by atoms with van der Waals surface area (Å²) in [4.78, 5) is 4.23. The van der Waals surface area contributed by atoms with Crippen molar-refractivity contribution in [3.63, 3.8) is 0 Å². The molecule has 2 aromatic rings. The predicted molar refractivity (Wildman–Crippen MR) is 71.6 cm³/mol.